The minimum Gasteiger partial charge on any atom is -0.467 e. The van der Waals surface area contributed by atoms with Crippen molar-refractivity contribution in [2.24, 2.45) is 0 Å². The topological polar surface area (TPSA) is 50.5 Å². The van der Waals surface area contributed by atoms with Crippen LogP contribution in [0.3, 0.4) is 0 Å². The Kier molecular flexibility index (Phi) is 4.70. The molecule has 116 valence electrons. The van der Waals surface area contributed by atoms with Gasteiger partial charge in [-0.2, -0.15) is 0 Å². The molecule has 0 radical (unpaired) electrons. The highest BCUT2D eigenvalue weighted by atomic mass is 32.1. The summed E-state index contributed by atoms with van der Waals surface area (Å²) in [5.41, 5.74) is 0.959. The van der Waals surface area contributed by atoms with Gasteiger partial charge < -0.3 is 19.4 Å². The van der Waals surface area contributed by atoms with Gasteiger partial charge in [-0.25, -0.2) is 0 Å². The summed E-state index contributed by atoms with van der Waals surface area (Å²) in [4.78, 5) is 6.63. The van der Waals surface area contributed by atoms with Gasteiger partial charge in [-0.3, -0.25) is 4.98 Å². The molecular formula is C16H19N3O2S. The van der Waals surface area contributed by atoms with Crippen molar-refractivity contribution < 1.29 is 9.15 Å². The lowest BCUT2D eigenvalue weighted by Crippen LogP contribution is -2.31. The zero-order chi connectivity index (χ0) is 15.4. The van der Waals surface area contributed by atoms with Crippen molar-refractivity contribution >= 4 is 17.3 Å². The molecule has 1 saturated heterocycles. The number of furan rings is 1. The molecule has 3 heterocycles. The summed E-state index contributed by atoms with van der Waals surface area (Å²) >= 11 is 5.52. The molecule has 3 rings (SSSR count). The molecule has 6 heteroatoms. The quantitative estimate of drug-likeness (QED) is 0.653. The Morgan fingerprint density at radius 1 is 1.36 bits per heavy atom. The maximum atomic E-state index is 5.65. The van der Waals surface area contributed by atoms with E-state index in [1.807, 2.05) is 30.3 Å². The van der Waals surface area contributed by atoms with Gasteiger partial charge in [0.15, 0.2) is 5.11 Å². The molecule has 0 aliphatic carbocycles. The molecule has 0 spiro atoms. The summed E-state index contributed by atoms with van der Waals surface area (Å²) in [5.74, 6) is 0.889. The van der Waals surface area contributed by atoms with Crippen molar-refractivity contribution in [2.45, 2.75) is 18.5 Å². The van der Waals surface area contributed by atoms with Crippen molar-refractivity contribution in [3.05, 3.63) is 54.2 Å². The number of rotatable bonds is 6. The largest absolute Gasteiger partial charge is 0.467 e. The maximum absolute atomic E-state index is 5.65. The molecule has 1 aliphatic rings. The number of thiocarbonyl (C=S) groups is 1. The SMILES string of the molecule is COCCCN1C(=S)N[C@H](c2ccccn2)[C@@H]1c1ccco1. The molecule has 0 aromatic carbocycles. The predicted octanol–water partition coefficient (Wildman–Crippen LogP) is 2.68. The molecule has 1 fully saturated rings. The molecule has 1 aliphatic heterocycles. The van der Waals surface area contributed by atoms with Crippen LogP contribution in [-0.2, 0) is 4.74 Å². The predicted molar refractivity (Wildman–Crippen MR) is 87.4 cm³/mol. The van der Waals surface area contributed by atoms with E-state index in [0.29, 0.717) is 6.61 Å². The zero-order valence-corrected chi connectivity index (χ0v) is 13.3. The molecule has 0 bridgehead atoms. The second-order valence-corrected chi connectivity index (χ2v) is 5.57. The molecule has 2 atom stereocenters. The highest BCUT2D eigenvalue weighted by Crippen LogP contribution is 2.38. The van der Waals surface area contributed by atoms with Crippen LogP contribution in [0.25, 0.3) is 0 Å². The lowest BCUT2D eigenvalue weighted by Gasteiger charge is -2.25. The van der Waals surface area contributed by atoms with Gasteiger partial charge in [-0.05, 0) is 42.9 Å². The monoisotopic (exact) mass is 317 g/mol. The first-order chi connectivity index (χ1) is 10.8. The zero-order valence-electron chi connectivity index (χ0n) is 12.4. The van der Waals surface area contributed by atoms with Gasteiger partial charge in [0.25, 0.3) is 0 Å². The van der Waals surface area contributed by atoms with Crippen molar-refractivity contribution in [3.63, 3.8) is 0 Å². The average Bonchev–Trinajstić information content (AvgIpc) is 3.17. The third kappa shape index (κ3) is 2.98. The van der Waals surface area contributed by atoms with Crippen molar-refractivity contribution in [3.8, 4) is 0 Å². The van der Waals surface area contributed by atoms with Crippen LogP contribution in [0.15, 0.2) is 47.2 Å². The number of nitrogens with one attached hydrogen (secondary N) is 1. The summed E-state index contributed by atoms with van der Waals surface area (Å²) in [5, 5.41) is 4.11. The molecule has 2 aromatic heterocycles. The number of aromatic nitrogens is 1. The fourth-order valence-electron chi connectivity index (χ4n) is 2.79. The van der Waals surface area contributed by atoms with Crippen LogP contribution in [0, 0.1) is 0 Å². The third-order valence-electron chi connectivity index (χ3n) is 3.78. The maximum Gasteiger partial charge on any atom is 0.170 e. The number of hydrogen-bond acceptors (Lipinski definition) is 4. The molecule has 0 saturated carbocycles. The Bertz CT molecular complexity index is 603. The molecule has 0 unspecified atom stereocenters. The van der Waals surface area contributed by atoms with E-state index in [9.17, 15) is 0 Å². The van der Waals surface area contributed by atoms with Crippen LogP contribution in [0.4, 0.5) is 0 Å². The number of ether oxygens (including phenoxy) is 1. The standard InChI is InChI=1S/C16H19N3O2S/c1-20-10-5-9-19-15(13-7-4-11-21-13)14(18-16(19)22)12-6-2-3-8-17-12/h2-4,6-8,11,14-15H,5,9-10H2,1H3,(H,18,22)/t14-,15+/m1/s1. The van der Waals surface area contributed by atoms with Crippen molar-refractivity contribution in [2.75, 3.05) is 20.3 Å². The van der Waals surface area contributed by atoms with E-state index in [1.54, 1.807) is 19.6 Å². The lowest BCUT2D eigenvalue weighted by molar-refractivity contribution is 0.177. The first-order valence-corrected chi connectivity index (χ1v) is 7.72. The minimum absolute atomic E-state index is 0.00857. The molecule has 0 amide bonds. The molecule has 22 heavy (non-hydrogen) atoms. The summed E-state index contributed by atoms with van der Waals surface area (Å²) in [7, 11) is 1.71. The van der Waals surface area contributed by atoms with Gasteiger partial charge >= 0.3 is 0 Å². The number of hydrogen-bond donors (Lipinski definition) is 1. The normalized spacial score (nSPS) is 21.1. The van der Waals surface area contributed by atoms with Crippen molar-refractivity contribution in [1.82, 2.24) is 15.2 Å². The van der Waals surface area contributed by atoms with Crippen LogP contribution in [0.1, 0.15) is 30.0 Å². The first kappa shape index (κ1) is 15.0. The van der Waals surface area contributed by atoms with Crippen LogP contribution in [0.5, 0.6) is 0 Å². The fourth-order valence-corrected chi connectivity index (χ4v) is 3.13. The highest BCUT2D eigenvalue weighted by Gasteiger charge is 2.40. The second kappa shape index (κ2) is 6.89. The Morgan fingerprint density at radius 3 is 2.95 bits per heavy atom. The van der Waals surface area contributed by atoms with Crippen LogP contribution in [0.2, 0.25) is 0 Å². The smallest absolute Gasteiger partial charge is 0.170 e. The van der Waals surface area contributed by atoms with Crippen LogP contribution < -0.4 is 5.32 Å². The van der Waals surface area contributed by atoms with Gasteiger partial charge in [-0.1, -0.05) is 6.07 Å². The Balaban J connectivity index is 1.88. The van der Waals surface area contributed by atoms with Gasteiger partial charge in [0.2, 0.25) is 0 Å². The molecule has 2 aromatic rings. The Hall–Kier alpha value is -1.92. The Labute approximate surface area is 135 Å². The van der Waals surface area contributed by atoms with Gasteiger partial charge in [0.1, 0.15) is 11.8 Å². The van der Waals surface area contributed by atoms with Crippen molar-refractivity contribution in [1.29, 1.82) is 0 Å². The van der Waals surface area contributed by atoms with E-state index in [4.69, 9.17) is 21.4 Å². The van der Waals surface area contributed by atoms with E-state index in [1.165, 1.54) is 0 Å². The van der Waals surface area contributed by atoms with Crippen LogP contribution in [-0.4, -0.2) is 35.3 Å². The fraction of sp³-hybridized carbons (Fsp3) is 0.375. The number of pyridine rings is 1. The second-order valence-electron chi connectivity index (χ2n) is 5.18. The van der Waals surface area contributed by atoms with E-state index in [0.717, 1.165) is 29.5 Å². The average molecular weight is 317 g/mol. The summed E-state index contributed by atoms with van der Waals surface area (Å²) in [6.07, 6.45) is 4.40. The molecule has 5 nitrogen and oxygen atoms in total. The van der Waals surface area contributed by atoms with Gasteiger partial charge in [-0.15, -0.1) is 0 Å². The number of nitrogens with zero attached hydrogens (tertiary/aromatic N) is 2. The summed E-state index contributed by atoms with van der Waals surface area (Å²) in [6, 6.07) is 9.79. The van der Waals surface area contributed by atoms with Gasteiger partial charge in [0, 0.05) is 26.5 Å². The highest BCUT2D eigenvalue weighted by molar-refractivity contribution is 7.80. The van der Waals surface area contributed by atoms with E-state index in [2.05, 4.69) is 15.2 Å². The molecule has 1 N–H and O–H groups in total. The minimum atomic E-state index is -0.0117. The summed E-state index contributed by atoms with van der Waals surface area (Å²) < 4.78 is 10.8. The number of methoxy groups -OCH3 is 1. The van der Waals surface area contributed by atoms with E-state index >= 15 is 0 Å². The van der Waals surface area contributed by atoms with Gasteiger partial charge in [0.05, 0.1) is 18.0 Å². The summed E-state index contributed by atoms with van der Waals surface area (Å²) in [6.45, 7) is 1.52. The molecular weight excluding hydrogens is 298 g/mol. The van der Waals surface area contributed by atoms with E-state index < -0.39 is 0 Å². The Morgan fingerprint density at radius 2 is 2.27 bits per heavy atom. The first-order valence-electron chi connectivity index (χ1n) is 7.31. The van der Waals surface area contributed by atoms with Crippen LogP contribution >= 0.6 is 12.2 Å². The van der Waals surface area contributed by atoms with E-state index in [-0.39, 0.29) is 12.1 Å². The lowest BCUT2D eigenvalue weighted by atomic mass is 10.0. The third-order valence-corrected chi connectivity index (χ3v) is 4.13.